The molecule has 9 nitrogen and oxygen atoms in total. The molecule has 2 aliphatic heterocycles. The SMILES string of the molecule is CCC[C@H]1C[C@@H]2C(=O)N(c3cccc([N+](=O)[O-])c3)C(=O)[C@@H]2[C@@H]2C[C@@H](c3ccc(O)c4ccccc34)O[C@]12O. The van der Waals surface area contributed by atoms with Gasteiger partial charge in [-0.05, 0) is 42.3 Å². The number of carbonyl (C=O) groups excluding carboxylic acids is 2. The van der Waals surface area contributed by atoms with E-state index in [2.05, 4.69) is 0 Å². The number of aliphatic hydroxyl groups is 1. The Bertz CT molecular complexity index is 1470. The van der Waals surface area contributed by atoms with Crippen LogP contribution in [0.15, 0.2) is 60.7 Å². The Balaban J connectivity index is 1.41. The number of fused-ring (bicyclic) bond motifs is 4. The molecule has 2 amide bonds. The number of nitrogens with zero attached hydrogens (tertiary/aromatic N) is 2. The molecule has 0 unspecified atom stereocenters. The van der Waals surface area contributed by atoms with Crippen LogP contribution in [0.25, 0.3) is 10.8 Å². The van der Waals surface area contributed by atoms with Gasteiger partial charge in [-0.3, -0.25) is 19.7 Å². The summed E-state index contributed by atoms with van der Waals surface area (Å²) in [5.41, 5.74) is 0.765. The van der Waals surface area contributed by atoms with Gasteiger partial charge in [-0.2, -0.15) is 0 Å². The van der Waals surface area contributed by atoms with E-state index in [9.17, 15) is 29.9 Å². The fourth-order valence-corrected chi connectivity index (χ4v) is 6.94. The van der Waals surface area contributed by atoms with Crippen molar-refractivity contribution in [2.24, 2.45) is 23.7 Å². The molecule has 2 heterocycles. The molecule has 38 heavy (non-hydrogen) atoms. The Hall–Kier alpha value is -3.82. The smallest absolute Gasteiger partial charge is 0.271 e. The number of nitro benzene ring substituents is 1. The van der Waals surface area contributed by atoms with Crippen LogP contribution in [-0.2, 0) is 14.3 Å². The second-order valence-electron chi connectivity index (χ2n) is 10.6. The molecule has 0 radical (unpaired) electrons. The maximum absolute atomic E-state index is 13.8. The Morgan fingerprint density at radius 2 is 1.82 bits per heavy atom. The van der Waals surface area contributed by atoms with Crippen molar-refractivity contribution >= 4 is 34.0 Å². The van der Waals surface area contributed by atoms with Crippen molar-refractivity contribution in [3.8, 4) is 5.75 Å². The minimum Gasteiger partial charge on any atom is -0.507 e. The van der Waals surface area contributed by atoms with Crippen molar-refractivity contribution in [2.45, 2.75) is 44.5 Å². The van der Waals surface area contributed by atoms with Crippen LogP contribution in [0.3, 0.4) is 0 Å². The lowest BCUT2D eigenvalue weighted by Gasteiger charge is -2.44. The number of non-ortho nitro benzene ring substituents is 1. The van der Waals surface area contributed by atoms with Gasteiger partial charge in [0.05, 0.1) is 28.6 Å². The number of ether oxygens (including phenoxy) is 1. The first-order valence-corrected chi connectivity index (χ1v) is 13.0. The highest BCUT2D eigenvalue weighted by atomic mass is 16.6. The number of carbonyl (C=O) groups is 2. The predicted octanol–water partition coefficient (Wildman–Crippen LogP) is 4.85. The maximum Gasteiger partial charge on any atom is 0.271 e. The summed E-state index contributed by atoms with van der Waals surface area (Å²) in [6.45, 7) is 2.00. The molecule has 3 aromatic rings. The zero-order valence-electron chi connectivity index (χ0n) is 20.8. The van der Waals surface area contributed by atoms with Crippen molar-refractivity contribution in [3.63, 3.8) is 0 Å². The molecular formula is C29H28N2O7. The number of benzene rings is 3. The van der Waals surface area contributed by atoms with Gasteiger partial charge >= 0.3 is 0 Å². The van der Waals surface area contributed by atoms with E-state index in [1.165, 1.54) is 24.3 Å². The summed E-state index contributed by atoms with van der Waals surface area (Å²) in [6.07, 6.45) is 1.48. The summed E-state index contributed by atoms with van der Waals surface area (Å²) < 4.78 is 6.44. The zero-order valence-corrected chi connectivity index (χ0v) is 20.8. The van der Waals surface area contributed by atoms with Gasteiger partial charge in [0.15, 0.2) is 5.79 Å². The van der Waals surface area contributed by atoms with E-state index in [1.54, 1.807) is 12.1 Å². The molecule has 0 aromatic heterocycles. The minimum atomic E-state index is -1.60. The maximum atomic E-state index is 13.8. The minimum absolute atomic E-state index is 0.145. The number of amides is 2. The van der Waals surface area contributed by atoms with Gasteiger partial charge in [0, 0.05) is 29.4 Å². The lowest BCUT2D eigenvalue weighted by molar-refractivity contribution is -0.384. The van der Waals surface area contributed by atoms with Crippen LogP contribution < -0.4 is 4.90 Å². The molecule has 3 aliphatic rings. The molecule has 3 aromatic carbocycles. The number of phenols is 1. The number of hydrogen-bond donors (Lipinski definition) is 2. The van der Waals surface area contributed by atoms with Gasteiger partial charge in [-0.15, -0.1) is 0 Å². The number of rotatable bonds is 5. The van der Waals surface area contributed by atoms with Gasteiger partial charge in [0.2, 0.25) is 11.8 Å². The highest BCUT2D eigenvalue weighted by molar-refractivity contribution is 6.22. The standard InChI is InChI=1S/C29H28N2O7/c1-2-6-16-13-22-26(28(34)30(27(22)33)17-7-5-8-18(14-17)31(36)37)23-15-25(38-29(16,23)35)21-11-12-24(32)20-10-4-3-9-19(20)21/h3-5,7-12,14,16,22-23,25-26,32,35H,2,6,13,15H2,1H3/t16-,22-,23-,25-,26-,29+/m0/s1. The normalized spacial score (nSPS) is 30.5. The van der Waals surface area contributed by atoms with Crippen LogP contribution in [0.5, 0.6) is 5.75 Å². The summed E-state index contributed by atoms with van der Waals surface area (Å²) in [5, 5.41) is 35.2. The fraction of sp³-hybridized carbons (Fsp3) is 0.379. The summed E-state index contributed by atoms with van der Waals surface area (Å²) in [5.74, 6) is -4.72. The third-order valence-electron chi connectivity index (χ3n) is 8.58. The zero-order chi connectivity index (χ0) is 26.8. The summed E-state index contributed by atoms with van der Waals surface area (Å²) in [7, 11) is 0. The average molecular weight is 517 g/mol. The van der Waals surface area contributed by atoms with Crippen LogP contribution in [0, 0.1) is 33.8 Å². The predicted molar refractivity (Wildman–Crippen MR) is 138 cm³/mol. The lowest BCUT2D eigenvalue weighted by atomic mass is 9.63. The summed E-state index contributed by atoms with van der Waals surface area (Å²) in [6, 6.07) is 16.3. The van der Waals surface area contributed by atoms with Crippen molar-refractivity contribution in [3.05, 3.63) is 76.3 Å². The second-order valence-corrected chi connectivity index (χ2v) is 10.6. The Labute approximate surface area is 218 Å². The number of nitro groups is 1. The third kappa shape index (κ3) is 3.53. The van der Waals surface area contributed by atoms with Crippen molar-refractivity contribution in [2.75, 3.05) is 4.90 Å². The Kier molecular flexibility index (Phi) is 5.73. The lowest BCUT2D eigenvalue weighted by Crippen LogP contribution is -2.53. The monoisotopic (exact) mass is 516 g/mol. The number of imide groups is 1. The van der Waals surface area contributed by atoms with E-state index in [0.717, 1.165) is 22.3 Å². The quantitative estimate of drug-likeness (QED) is 0.282. The highest BCUT2D eigenvalue weighted by Crippen LogP contribution is 2.60. The van der Waals surface area contributed by atoms with E-state index in [0.29, 0.717) is 24.6 Å². The van der Waals surface area contributed by atoms with Crippen LogP contribution in [0.1, 0.15) is 44.3 Å². The summed E-state index contributed by atoms with van der Waals surface area (Å²) in [4.78, 5) is 39.3. The Morgan fingerprint density at radius 3 is 2.55 bits per heavy atom. The van der Waals surface area contributed by atoms with E-state index in [1.807, 2.05) is 31.2 Å². The molecule has 196 valence electrons. The molecule has 1 aliphatic carbocycles. The second kappa shape index (κ2) is 8.89. The van der Waals surface area contributed by atoms with E-state index >= 15 is 0 Å². The van der Waals surface area contributed by atoms with Crippen molar-refractivity contribution in [1.82, 2.24) is 0 Å². The highest BCUT2D eigenvalue weighted by Gasteiger charge is 2.66. The van der Waals surface area contributed by atoms with Gasteiger partial charge in [-0.25, -0.2) is 4.90 Å². The first-order valence-electron chi connectivity index (χ1n) is 13.0. The molecule has 2 saturated heterocycles. The Morgan fingerprint density at radius 1 is 1.05 bits per heavy atom. The molecule has 6 rings (SSSR count). The molecule has 9 heteroatoms. The average Bonchev–Trinajstić information content (AvgIpc) is 3.38. The first kappa shape index (κ1) is 24.5. The van der Waals surface area contributed by atoms with Crippen molar-refractivity contribution in [1.29, 1.82) is 0 Å². The van der Waals surface area contributed by atoms with Crippen LogP contribution in [0.4, 0.5) is 11.4 Å². The first-order chi connectivity index (χ1) is 18.2. The number of anilines is 1. The number of hydrogen-bond acceptors (Lipinski definition) is 7. The molecule has 3 fully saturated rings. The van der Waals surface area contributed by atoms with Gasteiger partial charge in [-0.1, -0.05) is 49.7 Å². The van der Waals surface area contributed by atoms with Gasteiger partial charge < -0.3 is 14.9 Å². The van der Waals surface area contributed by atoms with E-state index in [-0.39, 0.29) is 28.9 Å². The topological polar surface area (TPSA) is 130 Å². The third-order valence-corrected chi connectivity index (χ3v) is 8.58. The van der Waals surface area contributed by atoms with Crippen LogP contribution in [0.2, 0.25) is 0 Å². The van der Waals surface area contributed by atoms with Gasteiger partial charge in [0.1, 0.15) is 5.75 Å². The molecule has 0 bridgehead atoms. The van der Waals surface area contributed by atoms with E-state index < -0.39 is 40.5 Å². The number of phenolic OH excluding ortho intramolecular Hbond substituents is 1. The fourth-order valence-electron chi connectivity index (χ4n) is 6.94. The summed E-state index contributed by atoms with van der Waals surface area (Å²) >= 11 is 0. The van der Waals surface area contributed by atoms with Gasteiger partial charge in [0.25, 0.3) is 5.69 Å². The van der Waals surface area contributed by atoms with Crippen molar-refractivity contribution < 1.29 is 29.5 Å². The molecule has 0 spiro atoms. The molecule has 2 N–H and O–H groups in total. The van der Waals surface area contributed by atoms with Crippen LogP contribution in [-0.4, -0.2) is 32.7 Å². The number of aromatic hydroxyl groups is 1. The van der Waals surface area contributed by atoms with Crippen LogP contribution >= 0.6 is 0 Å². The molecular weight excluding hydrogens is 488 g/mol. The molecule has 6 atom stereocenters. The largest absolute Gasteiger partial charge is 0.507 e. The molecule has 1 saturated carbocycles. The van der Waals surface area contributed by atoms with E-state index in [4.69, 9.17) is 4.74 Å².